The lowest BCUT2D eigenvalue weighted by atomic mass is 9.92. The molecule has 2 aliphatic rings. The van der Waals surface area contributed by atoms with E-state index in [1.54, 1.807) is 17.7 Å². The highest BCUT2D eigenvalue weighted by Gasteiger charge is 2.31. The first kappa shape index (κ1) is 19.6. The fourth-order valence-electron chi connectivity index (χ4n) is 4.46. The normalized spacial score (nSPS) is 24.2. The molecule has 0 radical (unpaired) electrons. The summed E-state index contributed by atoms with van der Waals surface area (Å²) in [6, 6.07) is 0.670. The molecule has 2 heterocycles. The molecular weight excluding hydrogens is 370 g/mol. The van der Waals surface area contributed by atoms with Crippen molar-refractivity contribution < 1.29 is 9.47 Å². The van der Waals surface area contributed by atoms with Gasteiger partial charge in [-0.2, -0.15) is 0 Å². The molecule has 0 saturated heterocycles. The molecule has 150 valence electrons. The van der Waals surface area contributed by atoms with E-state index in [1.165, 1.54) is 23.3 Å². The smallest absolute Gasteiger partial charge is 0.225 e. The highest BCUT2D eigenvalue weighted by atomic mass is 32.1. The fourth-order valence-corrected chi connectivity index (χ4v) is 5.69. The van der Waals surface area contributed by atoms with Crippen molar-refractivity contribution in [1.82, 2.24) is 14.9 Å². The highest BCUT2D eigenvalue weighted by Crippen LogP contribution is 2.46. The zero-order chi connectivity index (χ0) is 19.5. The number of nitrogens with zero attached hydrogens (tertiary/aromatic N) is 3. The predicted molar refractivity (Wildman–Crippen MR) is 113 cm³/mol. The number of hydrogen-bond donors (Lipinski definition) is 0. The molecule has 28 heavy (non-hydrogen) atoms. The molecular formula is C22H29N3O2S. The Morgan fingerprint density at radius 1 is 1.18 bits per heavy atom. The van der Waals surface area contributed by atoms with Gasteiger partial charge in [0, 0.05) is 16.8 Å². The van der Waals surface area contributed by atoms with E-state index in [2.05, 4.69) is 40.8 Å². The van der Waals surface area contributed by atoms with Gasteiger partial charge in [-0.05, 0) is 65.1 Å². The van der Waals surface area contributed by atoms with Crippen LogP contribution in [0.4, 0.5) is 0 Å². The first-order valence-electron chi connectivity index (χ1n) is 10.2. The second-order valence-corrected chi connectivity index (χ2v) is 9.07. The Bertz CT molecular complexity index is 875. The van der Waals surface area contributed by atoms with E-state index in [0.717, 1.165) is 41.8 Å². The van der Waals surface area contributed by atoms with Gasteiger partial charge in [0.2, 0.25) is 5.88 Å². The molecule has 0 bridgehead atoms. The van der Waals surface area contributed by atoms with E-state index in [0.29, 0.717) is 25.2 Å². The van der Waals surface area contributed by atoms with Gasteiger partial charge in [-0.3, -0.25) is 0 Å². The van der Waals surface area contributed by atoms with Crippen molar-refractivity contribution in [3.63, 3.8) is 0 Å². The quantitative estimate of drug-likeness (QED) is 0.542. The summed E-state index contributed by atoms with van der Waals surface area (Å²) in [6.07, 6.45) is 8.66. The summed E-state index contributed by atoms with van der Waals surface area (Å²) >= 11 is 1.79. The second-order valence-electron chi connectivity index (χ2n) is 7.99. The van der Waals surface area contributed by atoms with Gasteiger partial charge in [0.25, 0.3) is 0 Å². The third kappa shape index (κ3) is 4.03. The van der Waals surface area contributed by atoms with E-state index in [1.807, 2.05) is 6.92 Å². The lowest BCUT2D eigenvalue weighted by Gasteiger charge is -2.32. The van der Waals surface area contributed by atoms with Gasteiger partial charge in [0.1, 0.15) is 23.9 Å². The maximum absolute atomic E-state index is 6.45. The Balaban J connectivity index is 1.52. The van der Waals surface area contributed by atoms with Crippen LogP contribution in [-0.2, 0) is 11.2 Å². The highest BCUT2D eigenvalue weighted by molar-refractivity contribution is 7.19. The van der Waals surface area contributed by atoms with Gasteiger partial charge >= 0.3 is 0 Å². The summed E-state index contributed by atoms with van der Waals surface area (Å²) in [6.45, 7) is 3.05. The van der Waals surface area contributed by atoms with Crippen molar-refractivity contribution in [3.8, 4) is 17.7 Å². The zero-order valence-electron chi connectivity index (χ0n) is 17.0. The van der Waals surface area contributed by atoms with Gasteiger partial charge in [0.15, 0.2) is 0 Å². The van der Waals surface area contributed by atoms with Crippen LogP contribution in [0.3, 0.4) is 0 Å². The minimum Gasteiger partial charge on any atom is -0.474 e. The molecule has 2 aromatic heterocycles. The first-order valence-corrected chi connectivity index (χ1v) is 11.1. The first-order chi connectivity index (χ1) is 13.7. The van der Waals surface area contributed by atoms with Gasteiger partial charge in [-0.25, -0.2) is 9.97 Å². The summed E-state index contributed by atoms with van der Waals surface area (Å²) < 4.78 is 12.2. The Labute approximate surface area is 171 Å². The van der Waals surface area contributed by atoms with E-state index in [4.69, 9.17) is 9.47 Å². The lowest BCUT2D eigenvalue weighted by molar-refractivity contribution is 0.108. The van der Waals surface area contributed by atoms with Crippen LogP contribution in [-0.4, -0.2) is 54.3 Å². The van der Waals surface area contributed by atoms with Crippen molar-refractivity contribution in [1.29, 1.82) is 0 Å². The minimum absolute atomic E-state index is 0.251. The van der Waals surface area contributed by atoms with Crippen molar-refractivity contribution in [2.75, 3.05) is 27.3 Å². The zero-order valence-corrected chi connectivity index (χ0v) is 17.8. The molecule has 1 saturated carbocycles. The van der Waals surface area contributed by atoms with Crippen molar-refractivity contribution >= 4 is 21.6 Å². The van der Waals surface area contributed by atoms with Crippen molar-refractivity contribution in [2.45, 2.75) is 63.5 Å². The van der Waals surface area contributed by atoms with Crippen LogP contribution in [0, 0.1) is 11.8 Å². The molecule has 0 aromatic carbocycles. The number of aromatic nitrogens is 2. The van der Waals surface area contributed by atoms with Gasteiger partial charge in [0.05, 0.1) is 12.0 Å². The number of rotatable bonds is 6. The largest absolute Gasteiger partial charge is 0.474 e. The molecule has 0 N–H and O–H groups in total. The number of hydrogen-bond acceptors (Lipinski definition) is 6. The molecule has 1 atom stereocenters. The van der Waals surface area contributed by atoms with Crippen LogP contribution in [0.1, 0.15) is 55.4 Å². The topological polar surface area (TPSA) is 47.5 Å². The summed E-state index contributed by atoms with van der Waals surface area (Å²) in [4.78, 5) is 13.9. The Kier molecular flexibility index (Phi) is 6.15. The Morgan fingerprint density at radius 3 is 2.75 bits per heavy atom. The Morgan fingerprint density at radius 2 is 2.00 bits per heavy atom. The Hall–Kier alpha value is -1.68. The van der Waals surface area contributed by atoms with Crippen LogP contribution in [0.25, 0.3) is 10.2 Å². The molecule has 1 fully saturated rings. The van der Waals surface area contributed by atoms with E-state index < -0.39 is 0 Å². The monoisotopic (exact) mass is 399 g/mol. The fraction of sp³-hybridized carbons (Fsp3) is 0.636. The lowest BCUT2D eigenvalue weighted by Crippen LogP contribution is -2.35. The van der Waals surface area contributed by atoms with Crippen LogP contribution >= 0.6 is 11.3 Å². The minimum atomic E-state index is 0.251. The van der Waals surface area contributed by atoms with E-state index in [-0.39, 0.29) is 6.10 Å². The van der Waals surface area contributed by atoms with Crippen molar-refractivity contribution in [3.05, 3.63) is 16.8 Å². The molecule has 5 nitrogen and oxygen atoms in total. The third-order valence-electron chi connectivity index (χ3n) is 6.02. The molecule has 6 heteroatoms. The summed E-state index contributed by atoms with van der Waals surface area (Å²) in [5.74, 6) is 7.03. The molecule has 2 aliphatic carbocycles. The number of fused-ring (bicyclic) bond motifs is 3. The van der Waals surface area contributed by atoms with E-state index in [9.17, 15) is 0 Å². The molecule has 4 rings (SSSR count). The number of aryl methyl sites for hydroxylation is 1. The van der Waals surface area contributed by atoms with Crippen LogP contribution < -0.4 is 4.74 Å². The number of ether oxygens (including phenoxy) is 2. The molecule has 0 unspecified atom stereocenters. The average Bonchev–Trinajstić information content (AvgIpc) is 3.25. The summed E-state index contributed by atoms with van der Waals surface area (Å²) in [7, 11) is 4.34. The van der Waals surface area contributed by atoms with Crippen LogP contribution in [0.2, 0.25) is 0 Å². The second kappa shape index (κ2) is 8.77. The van der Waals surface area contributed by atoms with Crippen LogP contribution in [0.15, 0.2) is 6.33 Å². The standard InChI is InChI=1S/C22H29N3O2S/c1-4-5-12-26-13-15-6-11-18-19(15)20-21(23-14-24-22(20)28-18)27-17-9-7-16(8-10-17)25(2)3/h14-17H,6-13H2,1-3H3/t15-,16?,17?/m1/s1. The molecule has 0 aliphatic heterocycles. The SMILES string of the molecule is CC#CCOC[C@H]1CCc2sc3ncnc(OC4CCC(N(C)C)CC4)c3c21. The molecule has 0 spiro atoms. The summed E-state index contributed by atoms with van der Waals surface area (Å²) in [5, 5.41) is 1.13. The molecule has 2 aromatic rings. The average molecular weight is 400 g/mol. The van der Waals surface area contributed by atoms with Gasteiger partial charge < -0.3 is 14.4 Å². The van der Waals surface area contributed by atoms with Crippen molar-refractivity contribution in [2.24, 2.45) is 0 Å². The van der Waals surface area contributed by atoms with E-state index >= 15 is 0 Å². The number of thiophene rings is 1. The third-order valence-corrected chi connectivity index (χ3v) is 7.19. The predicted octanol–water partition coefficient (Wildman–Crippen LogP) is 4.01. The molecule has 0 amide bonds. The summed E-state index contributed by atoms with van der Waals surface area (Å²) in [5.41, 5.74) is 1.36. The van der Waals surface area contributed by atoms with Gasteiger partial charge in [-0.1, -0.05) is 5.92 Å². The maximum Gasteiger partial charge on any atom is 0.225 e. The van der Waals surface area contributed by atoms with Crippen LogP contribution in [0.5, 0.6) is 5.88 Å². The van der Waals surface area contributed by atoms with Gasteiger partial charge in [-0.15, -0.1) is 17.3 Å². The maximum atomic E-state index is 6.45.